The fourth-order valence-electron chi connectivity index (χ4n) is 2.53. The molecule has 0 spiro atoms. The van der Waals surface area contributed by atoms with Crippen molar-refractivity contribution in [1.29, 1.82) is 0 Å². The number of amides is 2. The molecule has 29 heavy (non-hydrogen) atoms. The number of benzene rings is 2. The Morgan fingerprint density at radius 3 is 2.62 bits per heavy atom. The average Bonchev–Trinajstić information content (AvgIpc) is 2.70. The van der Waals surface area contributed by atoms with Gasteiger partial charge in [-0.3, -0.25) is 9.59 Å². The van der Waals surface area contributed by atoms with E-state index < -0.39 is 17.6 Å². The highest BCUT2D eigenvalue weighted by atomic mass is 19.1. The van der Waals surface area contributed by atoms with E-state index in [-0.39, 0.29) is 16.8 Å². The number of unbranched alkanes of at least 4 members (excludes halogenated alkanes) is 1. The summed E-state index contributed by atoms with van der Waals surface area (Å²) in [6.07, 6.45) is 4.88. The van der Waals surface area contributed by atoms with E-state index in [1.807, 2.05) is 0 Å². The Morgan fingerprint density at radius 2 is 1.97 bits per heavy atom. The maximum atomic E-state index is 13.9. The third-order valence-corrected chi connectivity index (χ3v) is 4.26. The number of halogens is 1. The molecule has 0 fully saturated rings. The van der Waals surface area contributed by atoms with Crippen LogP contribution >= 0.6 is 0 Å². The number of hydrogen-bond acceptors (Lipinski definition) is 4. The zero-order valence-corrected chi connectivity index (χ0v) is 16.8. The van der Waals surface area contributed by atoms with Crippen molar-refractivity contribution in [2.75, 3.05) is 19.0 Å². The van der Waals surface area contributed by atoms with Crippen molar-refractivity contribution < 1.29 is 23.5 Å². The molecule has 2 aromatic rings. The molecule has 6 nitrogen and oxygen atoms in total. The molecule has 2 rings (SSSR count). The molecule has 0 aliphatic heterocycles. The van der Waals surface area contributed by atoms with Crippen molar-refractivity contribution in [3.8, 4) is 11.5 Å². The maximum Gasteiger partial charge on any atom is 0.248 e. The van der Waals surface area contributed by atoms with Crippen molar-refractivity contribution in [3.05, 3.63) is 58.9 Å². The van der Waals surface area contributed by atoms with Gasteiger partial charge in [0.1, 0.15) is 5.82 Å². The van der Waals surface area contributed by atoms with E-state index in [4.69, 9.17) is 15.2 Å². The molecule has 0 unspecified atom stereocenters. The number of primary amides is 1. The zero-order valence-electron chi connectivity index (χ0n) is 16.8. The molecule has 0 aliphatic rings. The van der Waals surface area contributed by atoms with E-state index in [9.17, 15) is 14.0 Å². The van der Waals surface area contributed by atoms with Crippen molar-refractivity contribution in [3.63, 3.8) is 0 Å². The first-order valence-corrected chi connectivity index (χ1v) is 9.25. The van der Waals surface area contributed by atoms with Crippen LogP contribution < -0.4 is 20.5 Å². The minimum absolute atomic E-state index is 0.0178. The van der Waals surface area contributed by atoms with Crippen LogP contribution in [0.5, 0.6) is 11.5 Å². The van der Waals surface area contributed by atoms with Crippen LogP contribution in [-0.4, -0.2) is 25.5 Å². The minimum atomic E-state index is -0.775. The van der Waals surface area contributed by atoms with Gasteiger partial charge in [0.25, 0.3) is 0 Å². The van der Waals surface area contributed by atoms with Gasteiger partial charge in [0.2, 0.25) is 11.8 Å². The second kappa shape index (κ2) is 10.3. The third kappa shape index (κ3) is 6.07. The molecule has 0 bridgehead atoms. The van der Waals surface area contributed by atoms with Crippen LogP contribution in [0.4, 0.5) is 10.1 Å². The van der Waals surface area contributed by atoms with Gasteiger partial charge in [-0.05, 0) is 49.2 Å². The molecule has 7 heteroatoms. The topological polar surface area (TPSA) is 90.6 Å². The Bertz CT molecular complexity index is 925. The molecule has 154 valence electrons. The minimum Gasteiger partial charge on any atom is -0.493 e. The van der Waals surface area contributed by atoms with Gasteiger partial charge in [0.05, 0.1) is 13.7 Å². The molecule has 0 atom stereocenters. The van der Waals surface area contributed by atoms with E-state index in [0.29, 0.717) is 18.1 Å². The zero-order chi connectivity index (χ0) is 21.4. The van der Waals surface area contributed by atoms with Gasteiger partial charge in [-0.1, -0.05) is 19.4 Å². The van der Waals surface area contributed by atoms with E-state index in [2.05, 4.69) is 12.2 Å². The first-order chi connectivity index (χ1) is 13.8. The summed E-state index contributed by atoms with van der Waals surface area (Å²) in [5.74, 6) is -0.670. The summed E-state index contributed by atoms with van der Waals surface area (Å²) >= 11 is 0. The predicted octanol–water partition coefficient (Wildman–Crippen LogP) is 4.07. The summed E-state index contributed by atoms with van der Waals surface area (Å²) in [5, 5.41) is 2.56. The molecule has 0 radical (unpaired) electrons. The Labute approximate surface area is 169 Å². The van der Waals surface area contributed by atoms with Crippen molar-refractivity contribution in [2.45, 2.75) is 26.7 Å². The highest BCUT2D eigenvalue weighted by Gasteiger charge is 2.12. The molecule has 0 aromatic heterocycles. The van der Waals surface area contributed by atoms with Crippen LogP contribution in [0.2, 0.25) is 0 Å². The van der Waals surface area contributed by atoms with Crippen LogP contribution in [0.3, 0.4) is 0 Å². The van der Waals surface area contributed by atoms with E-state index >= 15 is 0 Å². The number of anilines is 1. The summed E-state index contributed by atoms with van der Waals surface area (Å²) < 4.78 is 25.0. The number of ether oxygens (including phenoxy) is 2. The number of nitrogens with one attached hydrogen (secondary N) is 1. The fourth-order valence-corrected chi connectivity index (χ4v) is 2.53. The van der Waals surface area contributed by atoms with Crippen molar-refractivity contribution in [1.82, 2.24) is 0 Å². The average molecular weight is 400 g/mol. The predicted molar refractivity (Wildman–Crippen MR) is 111 cm³/mol. The van der Waals surface area contributed by atoms with Crippen LogP contribution in [-0.2, 0) is 4.79 Å². The fraction of sp³-hybridized carbons (Fsp3) is 0.273. The monoisotopic (exact) mass is 400 g/mol. The van der Waals surface area contributed by atoms with E-state index in [1.165, 1.54) is 19.1 Å². The first-order valence-electron chi connectivity index (χ1n) is 9.25. The molecule has 0 aliphatic carbocycles. The van der Waals surface area contributed by atoms with Gasteiger partial charge in [-0.15, -0.1) is 0 Å². The number of carbonyl (C=O) groups excluding carboxylic acids is 2. The van der Waals surface area contributed by atoms with Crippen molar-refractivity contribution in [2.24, 2.45) is 5.73 Å². The normalized spacial score (nSPS) is 10.8. The van der Waals surface area contributed by atoms with Gasteiger partial charge in [-0.25, -0.2) is 4.39 Å². The largest absolute Gasteiger partial charge is 0.493 e. The summed E-state index contributed by atoms with van der Waals surface area (Å²) in [7, 11) is 1.55. The smallest absolute Gasteiger partial charge is 0.248 e. The first kappa shape index (κ1) is 21.9. The molecule has 2 aromatic carbocycles. The third-order valence-electron chi connectivity index (χ3n) is 4.26. The quantitative estimate of drug-likeness (QED) is 0.490. The summed E-state index contributed by atoms with van der Waals surface area (Å²) in [6.45, 7) is 4.19. The Morgan fingerprint density at radius 1 is 1.21 bits per heavy atom. The summed E-state index contributed by atoms with van der Waals surface area (Å²) in [5.41, 5.74) is 6.30. The molecule has 0 saturated carbocycles. The molecule has 0 heterocycles. The molecule has 3 N–H and O–H groups in total. The summed E-state index contributed by atoms with van der Waals surface area (Å²) in [6, 6.07) is 7.72. The molecule has 0 saturated heterocycles. The Balaban J connectivity index is 2.12. The highest BCUT2D eigenvalue weighted by molar-refractivity contribution is 6.03. The highest BCUT2D eigenvalue weighted by Crippen LogP contribution is 2.29. The Kier molecular flexibility index (Phi) is 7.77. The van der Waals surface area contributed by atoms with Gasteiger partial charge in [-0.2, -0.15) is 0 Å². The van der Waals surface area contributed by atoms with E-state index in [1.54, 1.807) is 31.4 Å². The summed E-state index contributed by atoms with van der Waals surface area (Å²) in [4.78, 5) is 23.5. The number of rotatable bonds is 9. The standard InChI is InChI=1S/C22H25FN2O4/c1-4-5-10-29-19-8-6-15(11-20(19)28-3)7-9-21(26)25-18-13-16(22(24)27)12-17(23)14(18)2/h6-9,11-13H,4-5,10H2,1-3H3,(H2,24,27)(H,25,26). The van der Waals surface area contributed by atoms with Gasteiger partial charge in [0, 0.05) is 22.9 Å². The van der Waals surface area contributed by atoms with Gasteiger partial charge < -0.3 is 20.5 Å². The van der Waals surface area contributed by atoms with Gasteiger partial charge in [0.15, 0.2) is 11.5 Å². The van der Waals surface area contributed by atoms with E-state index in [0.717, 1.165) is 24.5 Å². The molecular formula is C22H25FN2O4. The second-order valence-corrected chi connectivity index (χ2v) is 6.43. The lowest BCUT2D eigenvalue weighted by molar-refractivity contribution is -0.111. The number of methoxy groups -OCH3 is 1. The van der Waals surface area contributed by atoms with Gasteiger partial charge >= 0.3 is 0 Å². The molecule has 2 amide bonds. The van der Waals surface area contributed by atoms with Crippen LogP contribution in [0.1, 0.15) is 41.3 Å². The van der Waals surface area contributed by atoms with Crippen LogP contribution in [0, 0.1) is 12.7 Å². The lowest BCUT2D eigenvalue weighted by Gasteiger charge is -2.11. The Hall–Kier alpha value is -3.35. The van der Waals surface area contributed by atoms with Crippen LogP contribution in [0.15, 0.2) is 36.4 Å². The second-order valence-electron chi connectivity index (χ2n) is 6.43. The lowest BCUT2D eigenvalue weighted by Crippen LogP contribution is -2.15. The lowest BCUT2D eigenvalue weighted by atomic mass is 10.1. The molecular weight excluding hydrogens is 375 g/mol. The van der Waals surface area contributed by atoms with Crippen molar-refractivity contribution >= 4 is 23.6 Å². The number of nitrogens with two attached hydrogens (primary N) is 1. The van der Waals surface area contributed by atoms with Crippen LogP contribution in [0.25, 0.3) is 6.08 Å². The SMILES string of the molecule is CCCCOc1ccc(C=CC(=O)Nc2cc(C(N)=O)cc(F)c2C)cc1OC. The number of hydrogen-bond donors (Lipinski definition) is 2. The number of carbonyl (C=O) groups is 2. The maximum absolute atomic E-state index is 13.9.